The molecule has 9 nitrogen and oxygen atoms in total. The van der Waals surface area contributed by atoms with Crippen molar-refractivity contribution < 1.29 is 29.0 Å². The molecule has 3 N–H and O–H groups in total. The summed E-state index contributed by atoms with van der Waals surface area (Å²) >= 11 is 1.47. The van der Waals surface area contributed by atoms with Crippen LogP contribution in [-0.4, -0.2) is 74.8 Å². The van der Waals surface area contributed by atoms with Gasteiger partial charge in [0.15, 0.2) is 12.7 Å². The molecule has 1 saturated heterocycles. The third-order valence-electron chi connectivity index (χ3n) is 7.06. The fraction of sp³-hybridized carbons (Fsp3) is 0.545. The van der Waals surface area contributed by atoms with Crippen LogP contribution in [0.4, 0.5) is 0 Å². The van der Waals surface area contributed by atoms with Crippen LogP contribution in [0.15, 0.2) is 42.5 Å². The molecule has 0 spiro atoms. The Morgan fingerprint density at radius 2 is 1.67 bits per heavy atom. The number of benzene rings is 2. The summed E-state index contributed by atoms with van der Waals surface area (Å²) in [5.41, 5.74) is 2.10. The van der Waals surface area contributed by atoms with Crippen molar-refractivity contribution >= 4 is 29.5 Å². The summed E-state index contributed by atoms with van der Waals surface area (Å²) in [7, 11) is 0. The van der Waals surface area contributed by atoms with Gasteiger partial charge in [-0.25, -0.2) is 0 Å². The SMILES string of the molecule is Cc1cccc(C)c1OCC(=O)N[C@@H](Cc1ccc(OC(C)C)cc1)[C@H](O)C(=O)N1CSC(C)(C)[C@H]1C(=O)NC(C)(C)C. The number of carbonyl (C=O) groups is 3. The number of aliphatic hydroxyl groups excluding tert-OH is 1. The van der Waals surface area contributed by atoms with Crippen LogP contribution in [0.3, 0.4) is 0 Å². The quantitative estimate of drug-likeness (QED) is 0.349. The monoisotopic (exact) mass is 613 g/mol. The van der Waals surface area contributed by atoms with Gasteiger partial charge in [0.2, 0.25) is 5.91 Å². The molecular formula is C33H47N3O6S. The molecule has 43 heavy (non-hydrogen) atoms. The Kier molecular flexibility index (Phi) is 11.2. The van der Waals surface area contributed by atoms with Crippen LogP contribution in [0.5, 0.6) is 11.5 Å². The number of amides is 3. The number of hydrogen-bond donors (Lipinski definition) is 3. The van der Waals surface area contributed by atoms with E-state index in [0.29, 0.717) is 11.5 Å². The van der Waals surface area contributed by atoms with E-state index in [4.69, 9.17) is 9.47 Å². The molecule has 0 radical (unpaired) electrons. The van der Waals surface area contributed by atoms with Crippen molar-refractivity contribution in [3.8, 4) is 11.5 Å². The smallest absolute Gasteiger partial charge is 0.258 e. The first-order chi connectivity index (χ1) is 20.0. The lowest BCUT2D eigenvalue weighted by molar-refractivity contribution is -0.148. The highest BCUT2D eigenvalue weighted by atomic mass is 32.2. The summed E-state index contributed by atoms with van der Waals surface area (Å²) in [6.07, 6.45) is -1.41. The zero-order valence-corrected chi connectivity index (χ0v) is 27.6. The normalized spacial score (nSPS) is 17.7. The minimum Gasteiger partial charge on any atom is -0.491 e. The molecule has 1 aliphatic heterocycles. The van der Waals surface area contributed by atoms with Gasteiger partial charge in [-0.2, -0.15) is 0 Å². The maximum Gasteiger partial charge on any atom is 0.258 e. The van der Waals surface area contributed by atoms with Crippen molar-refractivity contribution in [2.24, 2.45) is 0 Å². The van der Waals surface area contributed by atoms with Crippen LogP contribution < -0.4 is 20.1 Å². The van der Waals surface area contributed by atoms with E-state index in [0.717, 1.165) is 16.7 Å². The van der Waals surface area contributed by atoms with Crippen LogP contribution in [0.25, 0.3) is 0 Å². The maximum atomic E-state index is 13.9. The zero-order valence-electron chi connectivity index (χ0n) is 26.8. The number of aryl methyl sites for hydroxylation is 2. The van der Waals surface area contributed by atoms with Crippen molar-refractivity contribution in [2.45, 2.75) is 103 Å². The average molecular weight is 614 g/mol. The Hall–Kier alpha value is -3.24. The van der Waals surface area contributed by atoms with Gasteiger partial charge in [0.25, 0.3) is 11.8 Å². The number of thioether (sulfide) groups is 1. The molecule has 10 heteroatoms. The average Bonchev–Trinajstić information content (AvgIpc) is 3.21. The van der Waals surface area contributed by atoms with E-state index in [1.807, 2.05) is 105 Å². The van der Waals surface area contributed by atoms with Gasteiger partial charge in [0.1, 0.15) is 17.5 Å². The van der Waals surface area contributed by atoms with E-state index in [-0.39, 0.29) is 30.9 Å². The van der Waals surface area contributed by atoms with Gasteiger partial charge in [0, 0.05) is 10.3 Å². The minimum absolute atomic E-state index is 0.0141. The minimum atomic E-state index is -1.60. The Morgan fingerprint density at radius 1 is 1.07 bits per heavy atom. The molecule has 1 fully saturated rings. The molecule has 0 saturated carbocycles. The number of carbonyl (C=O) groups excluding carboxylic acids is 3. The van der Waals surface area contributed by atoms with Crippen molar-refractivity contribution in [2.75, 3.05) is 12.5 Å². The lowest BCUT2D eigenvalue weighted by atomic mass is 9.96. The van der Waals surface area contributed by atoms with Gasteiger partial charge in [-0.3, -0.25) is 14.4 Å². The predicted octanol–water partition coefficient (Wildman–Crippen LogP) is 4.15. The number of aliphatic hydroxyl groups is 1. The molecule has 3 atom stereocenters. The van der Waals surface area contributed by atoms with Gasteiger partial charge in [-0.1, -0.05) is 30.3 Å². The highest BCUT2D eigenvalue weighted by Gasteiger charge is 2.50. The summed E-state index contributed by atoms with van der Waals surface area (Å²) in [6.45, 7) is 16.9. The molecule has 0 aliphatic carbocycles. The zero-order chi connectivity index (χ0) is 32.1. The lowest BCUT2D eigenvalue weighted by Gasteiger charge is -2.35. The van der Waals surface area contributed by atoms with Gasteiger partial charge in [-0.05, 0) is 97.6 Å². The summed E-state index contributed by atoms with van der Waals surface area (Å²) in [5, 5.41) is 17.3. The number of rotatable bonds is 11. The van der Waals surface area contributed by atoms with Gasteiger partial charge in [-0.15, -0.1) is 11.8 Å². The van der Waals surface area contributed by atoms with Crippen LogP contribution in [-0.2, 0) is 20.8 Å². The molecule has 0 unspecified atom stereocenters. The summed E-state index contributed by atoms with van der Waals surface area (Å²) in [6, 6.07) is 11.3. The van der Waals surface area contributed by atoms with Crippen molar-refractivity contribution in [3.05, 3.63) is 59.2 Å². The molecular weight excluding hydrogens is 566 g/mol. The van der Waals surface area contributed by atoms with E-state index >= 15 is 0 Å². The number of hydrogen-bond acceptors (Lipinski definition) is 7. The van der Waals surface area contributed by atoms with E-state index < -0.39 is 40.3 Å². The first-order valence-electron chi connectivity index (χ1n) is 14.7. The first-order valence-corrected chi connectivity index (χ1v) is 15.7. The summed E-state index contributed by atoms with van der Waals surface area (Å²) in [4.78, 5) is 41.7. The van der Waals surface area contributed by atoms with Crippen molar-refractivity contribution in [1.82, 2.24) is 15.5 Å². The highest BCUT2D eigenvalue weighted by Crippen LogP contribution is 2.40. The van der Waals surface area contributed by atoms with Crippen LogP contribution in [0, 0.1) is 13.8 Å². The fourth-order valence-corrected chi connectivity index (χ4v) is 6.22. The largest absolute Gasteiger partial charge is 0.491 e. The van der Waals surface area contributed by atoms with Crippen molar-refractivity contribution in [1.29, 1.82) is 0 Å². The Labute approximate surface area is 260 Å². The third-order valence-corrected chi connectivity index (χ3v) is 8.44. The van der Waals surface area contributed by atoms with E-state index in [1.54, 1.807) is 0 Å². The summed E-state index contributed by atoms with van der Waals surface area (Å²) in [5.74, 6) is 0.178. The van der Waals surface area contributed by atoms with Crippen molar-refractivity contribution in [3.63, 3.8) is 0 Å². The molecule has 3 rings (SSSR count). The van der Waals surface area contributed by atoms with Crippen LogP contribution >= 0.6 is 11.8 Å². The molecule has 1 heterocycles. The number of nitrogens with zero attached hydrogens (tertiary/aromatic N) is 1. The molecule has 1 aliphatic rings. The standard InChI is InChI=1S/C33H47N3O6S/c1-20(2)42-24-15-13-23(14-16-24)17-25(34-26(37)18-41-28-21(3)11-10-12-22(28)4)27(38)31(40)36-19-43-33(8,9)29(36)30(39)35-32(5,6)7/h10-16,20,25,27,29,38H,17-19H2,1-9H3,(H,34,37)(H,35,39)/t25-,27-,29+/m0/s1. The lowest BCUT2D eigenvalue weighted by Crippen LogP contribution is -2.60. The number of nitrogens with one attached hydrogen (secondary N) is 2. The van der Waals surface area contributed by atoms with E-state index in [1.165, 1.54) is 16.7 Å². The third kappa shape index (κ3) is 9.37. The number of ether oxygens (including phenoxy) is 2. The number of para-hydroxylation sites is 1. The second kappa shape index (κ2) is 14.0. The molecule has 2 aromatic rings. The van der Waals surface area contributed by atoms with E-state index in [2.05, 4.69) is 10.6 Å². The fourth-order valence-electron chi connectivity index (χ4n) is 5.08. The first kappa shape index (κ1) is 34.3. The maximum absolute atomic E-state index is 13.9. The predicted molar refractivity (Wildman–Crippen MR) is 170 cm³/mol. The van der Waals surface area contributed by atoms with Crippen LogP contribution in [0.2, 0.25) is 0 Å². The molecule has 0 aromatic heterocycles. The Balaban J connectivity index is 1.83. The second-order valence-corrected chi connectivity index (χ2v) is 14.6. The van der Waals surface area contributed by atoms with E-state index in [9.17, 15) is 19.5 Å². The van der Waals surface area contributed by atoms with Gasteiger partial charge < -0.3 is 30.1 Å². The molecule has 2 aromatic carbocycles. The highest BCUT2D eigenvalue weighted by molar-refractivity contribution is 8.00. The topological polar surface area (TPSA) is 117 Å². The van der Waals surface area contributed by atoms with Gasteiger partial charge >= 0.3 is 0 Å². The Morgan fingerprint density at radius 3 is 2.23 bits per heavy atom. The van der Waals surface area contributed by atoms with Crippen LogP contribution in [0.1, 0.15) is 65.2 Å². The molecule has 3 amide bonds. The summed E-state index contributed by atoms with van der Waals surface area (Å²) < 4.78 is 11.0. The molecule has 236 valence electrons. The van der Waals surface area contributed by atoms with Gasteiger partial charge in [0.05, 0.1) is 18.0 Å². The molecule has 0 bridgehead atoms. The second-order valence-electron chi connectivity index (χ2n) is 13.0. The Bertz CT molecular complexity index is 1270.